The molecule has 2 aromatic rings. The van der Waals surface area contributed by atoms with Gasteiger partial charge in [0.15, 0.2) is 5.69 Å². The lowest BCUT2D eigenvalue weighted by Crippen LogP contribution is -2.32. The minimum atomic E-state index is -4.64. The monoisotopic (exact) mass is 363 g/mol. The number of benzene rings is 1. The van der Waals surface area contributed by atoms with Crippen LogP contribution in [-0.2, 0) is 17.5 Å². The highest BCUT2D eigenvalue weighted by molar-refractivity contribution is 5.27. The van der Waals surface area contributed by atoms with Gasteiger partial charge in [-0.2, -0.15) is 18.3 Å². The van der Waals surface area contributed by atoms with Gasteiger partial charge in [-0.3, -0.25) is 10.00 Å². The summed E-state index contributed by atoms with van der Waals surface area (Å²) in [6, 6.07) is 4.20. The molecular weight excluding hydrogens is 346 g/mol. The minimum Gasteiger partial charge on any atom is -0.508 e. The van der Waals surface area contributed by atoms with Crippen LogP contribution in [-0.4, -0.2) is 45.6 Å². The van der Waals surface area contributed by atoms with Gasteiger partial charge in [0.1, 0.15) is 17.8 Å². The Kier molecular flexibility index (Phi) is 5.98. The van der Waals surface area contributed by atoms with E-state index in [-0.39, 0.29) is 36.7 Å². The van der Waals surface area contributed by atoms with Crippen molar-refractivity contribution in [1.29, 1.82) is 0 Å². The first-order valence-corrected chi connectivity index (χ1v) is 7.23. The largest absolute Gasteiger partial charge is 0.508 e. The molecule has 0 aliphatic rings. The first-order chi connectivity index (χ1) is 11.7. The Morgan fingerprint density at radius 3 is 2.60 bits per heavy atom. The number of phenolic OH excluding ortho intramolecular Hbond substituents is 1. The molecule has 10 heteroatoms. The average Bonchev–Trinajstić information content (AvgIpc) is 3.03. The van der Waals surface area contributed by atoms with Gasteiger partial charge < -0.3 is 14.9 Å². The number of aromatic amines is 1. The number of hydrogen-bond donors (Lipinski definition) is 3. The van der Waals surface area contributed by atoms with Crippen LogP contribution in [0.5, 0.6) is 5.75 Å². The lowest BCUT2D eigenvalue weighted by Gasteiger charge is -2.27. The van der Waals surface area contributed by atoms with Gasteiger partial charge in [0, 0.05) is 31.8 Å². The second kappa shape index (κ2) is 7.81. The molecule has 2 rings (SSSR count). The fraction of sp³-hybridized carbons (Fsp3) is 0.400. The number of phenols is 1. The van der Waals surface area contributed by atoms with Gasteiger partial charge in [-0.25, -0.2) is 4.39 Å². The van der Waals surface area contributed by atoms with E-state index in [1.165, 1.54) is 24.1 Å². The molecular formula is C15H17F4N3O3. The third-order valence-electron chi connectivity index (χ3n) is 3.50. The second-order valence-corrected chi connectivity index (χ2v) is 5.32. The van der Waals surface area contributed by atoms with Crippen molar-refractivity contribution in [2.75, 3.05) is 20.3 Å². The summed E-state index contributed by atoms with van der Waals surface area (Å²) in [5, 5.41) is 24.9. The smallest absolute Gasteiger partial charge is 0.435 e. The van der Waals surface area contributed by atoms with Crippen molar-refractivity contribution in [2.45, 2.75) is 18.9 Å². The predicted molar refractivity (Wildman–Crippen MR) is 78.9 cm³/mol. The summed E-state index contributed by atoms with van der Waals surface area (Å²) in [4.78, 5) is 1.31. The van der Waals surface area contributed by atoms with Crippen LogP contribution in [0.4, 0.5) is 17.6 Å². The fourth-order valence-corrected chi connectivity index (χ4v) is 2.19. The number of alkyl halides is 3. The van der Waals surface area contributed by atoms with Gasteiger partial charge in [0.05, 0.1) is 12.3 Å². The van der Waals surface area contributed by atoms with Crippen LogP contribution < -0.4 is 0 Å². The highest BCUT2D eigenvalue weighted by Gasteiger charge is 2.35. The molecule has 3 N–H and O–H groups in total. The van der Waals surface area contributed by atoms with Crippen LogP contribution in [0.2, 0.25) is 0 Å². The summed E-state index contributed by atoms with van der Waals surface area (Å²) in [5.41, 5.74) is -1.19. The maximum Gasteiger partial charge on any atom is 0.435 e. The summed E-state index contributed by atoms with van der Waals surface area (Å²) in [6.45, 7) is 0.173. The molecule has 25 heavy (non-hydrogen) atoms. The summed E-state index contributed by atoms with van der Waals surface area (Å²) in [7, 11) is 1.42. The Morgan fingerprint density at radius 2 is 2.04 bits per heavy atom. The van der Waals surface area contributed by atoms with Crippen molar-refractivity contribution >= 4 is 0 Å². The number of aliphatic hydroxyl groups excluding tert-OH is 1. The standard InChI is InChI=1S/C15H17F4N3O3/c1-25-5-4-22(8-9-2-3-10(23)6-11(9)16)14(24)12-7-13(21-20-12)15(17,18)19/h2-3,6-7,14,23-24H,4-5,8H2,1H3,(H,20,21). The predicted octanol–water partition coefficient (Wildman–Crippen LogP) is 2.41. The van der Waals surface area contributed by atoms with Crippen molar-refractivity contribution < 1.29 is 32.5 Å². The van der Waals surface area contributed by atoms with E-state index in [0.717, 1.165) is 6.07 Å². The van der Waals surface area contributed by atoms with Crippen LogP contribution in [0, 0.1) is 5.82 Å². The normalized spacial score (nSPS) is 13.4. The van der Waals surface area contributed by atoms with Crippen molar-refractivity contribution in [3.05, 3.63) is 47.0 Å². The third-order valence-corrected chi connectivity index (χ3v) is 3.50. The van der Waals surface area contributed by atoms with Gasteiger partial charge in [-0.1, -0.05) is 6.07 Å². The molecule has 1 aromatic carbocycles. The molecule has 1 heterocycles. The molecule has 1 aromatic heterocycles. The number of ether oxygens (including phenoxy) is 1. The lowest BCUT2D eigenvalue weighted by atomic mass is 10.1. The Hall–Kier alpha value is -2.17. The van der Waals surface area contributed by atoms with Crippen molar-refractivity contribution in [1.82, 2.24) is 15.1 Å². The van der Waals surface area contributed by atoms with Gasteiger partial charge in [-0.05, 0) is 12.1 Å². The van der Waals surface area contributed by atoms with E-state index in [9.17, 15) is 27.8 Å². The number of nitrogens with one attached hydrogen (secondary N) is 1. The zero-order chi connectivity index (χ0) is 18.6. The summed E-state index contributed by atoms with van der Waals surface area (Å²) in [5.74, 6) is -0.955. The molecule has 0 aliphatic heterocycles. The van der Waals surface area contributed by atoms with E-state index >= 15 is 0 Å². The SMILES string of the molecule is COCCN(Cc1ccc(O)cc1F)C(O)c1cc(C(F)(F)F)n[nH]1. The molecule has 138 valence electrons. The summed E-state index contributed by atoms with van der Waals surface area (Å²) < 4.78 is 56.7. The molecule has 0 saturated heterocycles. The first kappa shape index (κ1) is 19.2. The number of nitrogens with zero attached hydrogens (tertiary/aromatic N) is 2. The van der Waals surface area contributed by atoms with Crippen LogP contribution in [0.15, 0.2) is 24.3 Å². The van der Waals surface area contributed by atoms with E-state index in [1.807, 2.05) is 0 Å². The Bertz CT molecular complexity index is 706. The van der Waals surface area contributed by atoms with Crippen molar-refractivity contribution in [3.63, 3.8) is 0 Å². The lowest BCUT2D eigenvalue weighted by molar-refractivity contribution is -0.141. The van der Waals surface area contributed by atoms with E-state index in [1.54, 1.807) is 0 Å². The van der Waals surface area contributed by atoms with E-state index < -0.39 is 23.9 Å². The van der Waals surface area contributed by atoms with Crippen LogP contribution >= 0.6 is 0 Å². The molecule has 0 spiro atoms. The maximum atomic E-state index is 13.9. The molecule has 6 nitrogen and oxygen atoms in total. The van der Waals surface area contributed by atoms with Crippen molar-refractivity contribution in [3.8, 4) is 5.75 Å². The number of aliphatic hydroxyl groups is 1. The van der Waals surface area contributed by atoms with Crippen LogP contribution in [0.3, 0.4) is 0 Å². The van der Waals surface area contributed by atoms with Gasteiger partial charge in [0.25, 0.3) is 0 Å². The number of methoxy groups -OCH3 is 1. The molecule has 1 unspecified atom stereocenters. The zero-order valence-electron chi connectivity index (χ0n) is 13.2. The van der Waals surface area contributed by atoms with Gasteiger partial charge in [-0.15, -0.1) is 0 Å². The Balaban J connectivity index is 2.22. The quantitative estimate of drug-likeness (QED) is 0.520. The highest BCUT2D eigenvalue weighted by Crippen LogP contribution is 2.30. The van der Waals surface area contributed by atoms with E-state index in [0.29, 0.717) is 6.07 Å². The first-order valence-electron chi connectivity index (χ1n) is 7.23. The Labute approximate surface area is 140 Å². The Morgan fingerprint density at radius 1 is 1.32 bits per heavy atom. The number of hydrogen-bond acceptors (Lipinski definition) is 5. The third kappa shape index (κ3) is 4.91. The number of rotatable bonds is 7. The topological polar surface area (TPSA) is 81.6 Å². The number of aromatic hydroxyl groups is 1. The number of aromatic nitrogens is 2. The number of halogens is 4. The van der Waals surface area contributed by atoms with Crippen LogP contribution in [0.25, 0.3) is 0 Å². The fourth-order valence-electron chi connectivity index (χ4n) is 2.19. The highest BCUT2D eigenvalue weighted by atomic mass is 19.4. The molecule has 0 saturated carbocycles. The van der Waals surface area contributed by atoms with Crippen LogP contribution in [0.1, 0.15) is 23.2 Å². The molecule has 0 aliphatic carbocycles. The van der Waals surface area contributed by atoms with E-state index in [4.69, 9.17) is 4.74 Å². The van der Waals surface area contributed by atoms with Gasteiger partial charge in [0.2, 0.25) is 0 Å². The van der Waals surface area contributed by atoms with Gasteiger partial charge >= 0.3 is 6.18 Å². The van der Waals surface area contributed by atoms with E-state index in [2.05, 4.69) is 10.2 Å². The number of H-pyrrole nitrogens is 1. The molecule has 0 amide bonds. The second-order valence-electron chi connectivity index (χ2n) is 5.32. The maximum absolute atomic E-state index is 13.9. The summed E-state index contributed by atoms with van der Waals surface area (Å²) >= 11 is 0. The summed E-state index contributed by atoms with van der Waals surface area (Å²) in [6.07, 6.45) is -6.12. The molecule has 0 bridgehead atoms. The molecule has 0 radical (unpaired) electrons. The van der Waals surface area contributed by atoms with Crippen molar-refractivity contribution in [2.24, 2.45) is 0 Å². The molecule has 1 atom stereocenters. The average molecular weight is 363 g/mol. The zero-order valence-corrected chi connectivity index (χ0v) is 13.2. The minimum absolute atomic E-state index is 0.114. The molecule has 0 fully saturated rings.